The van der Waals surface area contributed by atoms with Gasteiger partial charge in [0.05, 0.1) is 6.10 Å². The lowest BCUT2D eigenvalue weighted by molar-refractivity contribution is 0.303. The Hall–Kier alpha value is -1.32. The Kier molecular flexibility index (Phi) is 4.61. The summed E-state index contributed by atoms with van der Waals surface area (Å²) in [5.41, 5.74) is 2.61. The highest BCUT2D eigenvalue weighted by Crippen LogP contribution is 2.28. The molecule has 110 valence electrons. The van der Waals surface area contributed by atoms with Gasteiger partial charge in [0.15, 0.2) is 0 Å². The second-order valence-corrected chi connectivity index (χ2v) is 6.48. The molecule has 0 aromatic heterocycles. The first-order valence-corrected chi connectivity index (χ1v) is 8.22. The van der Waals surface area contributed by atoms with Crippen LogP contribution in [0.3, 0.4) is 0 Å². The maximum Gasteiger partial charge on any atom is 0.119 e. The maximum atomic E-state index is 5.80. The molecular formula is C18H20BrNO. The van der Waals surface area contributed by atoms with Crippen LogP contribution in [-0.4, -0.2) is 13.2 Å². The zero-order valence-electron chi connectivity index (χ0n) is 12.2. The number of hydrogen-bond donors (Lipinski definition) is 1. The molecule has 0 heterocycles. The van der Waals surface area contributed by atoms with Gasteiger partial charge in [-0.3, -0.25) is 0 Å². The van der Waals surface area contributed by atoms with Crippen LogP contribution < -0.4 is 10.1 Å². The SMILES string of the molecule is CNC(Cc1cccc(Br)c1)c1ccc(OC2CC2)cc1. The van der Waals surface area contributed by atoms with E-state index in [9.17, 15) is 0 Å². The number of hydrogen-bond acceptors (Lipinski definition) is 2. The second kappa shape index (κ2) is 6.63. The summed E-state index contributed by atoms with van der Waals surface area (Å²) in [4.78, 5) is 0. The van der Waals surface area contributed by atoms with E-state index in [0.717, 1.165) is 16.6 Å². The maximum absolute atomic E-state index is 5.80. The van der Waals surface area contributed by atoms with Crippen molar-refractivity contribution in [2.24, 2.45) is 0 Å². The summed E-state index contributed by atoms with van der Waals surface area (Å²) in [6.45, 7) is 0. The van der Waals surface area contributed by atoms with Gasteiger partial charge in [-0.2, -0.15) is 0 Å². The van der Waals surface area contributed by atoms with Crippen LogP contribution in [0.2, 0.25) is 0 Å². The van der Waals surface area contributed by atoms with Crippen LogP contribution in [0.4, 0.5) is 0 Å². The molecule has 0 saturated heterocycles. The highest BCUT2D eigenvalue weighted by atomic mass is 79.9. The Labute approximate surface area is 134 Å². The zero-order chi connectivity index (χ0) is 14.7. The molecule has 0 bridgehead atoms. The minimum Gasteiger partial charge on any atom is -0.490 e. The highest BCUT2D eigenvalue weighted by Gasteiger charge is 2.23. The number of halogens is 1. The van der Waals surface area contributed by atoms with Gasteiger partial charge in [0.25, 0.3) is 0 Å². The van der Waals surface area contributed by atoms with E-state index in [1.807, 2.05) is 7.05 Å². The van der Waals surface area contributed by atoms with Crippen molar-refractivity contribution >= 4 is 15.9 Å². The van der Waals surface area contributed by atoms with Gasteiger partial charge in [0.2, 0.25) is 0 Å². The third-order valence-corrected chi connectivity index (χ3v) is 4.28. The molecule has 3 heteroatoms. The number of rotatable bonds is 6. The molecule has 0 aliphatic heterocycles. The summed E-state index contributed by atoms with van der Waals surface area (Å²) >= 11 is 3.53. The van der Waals surface area contributed by atoms with E-state index in [-0.39, 0.29) is 0 Å². The van der Waals surface area contributed by atoms with E-state index in [0.29, 0.717) is 12.1 Å². The van der Waals surface area contributed by atoms with Gasteiger partial charge in [-0.15, -0.1) is 0 Å². The number of nitrogens with one attached hydrogen (secondary N) is 1. The molecule has 3 rings (SSSR count). The molecule has 0 radical (unpaired) electrons. The minimum absolute atomic E-state index is 0.314. The van der Waals surface area contributed by atoms with Gasteiger partial charge >= 0.3 is 0 Å². The summed E-state index contributed by atoms with van der Waals surface area (Å²) in [6, 6.07) is 17.3. The summed E-state index contributed by atoms with van der Waals surface area (Å²) in [7, 11) is 2.01. The van der Waals surface area contributed by atoms with Gasteiger partial charge in [-0.05, 0) is 61.7 Å². The van der Waals surface area contributed by atoms with Crippen molar-refractivity contribution in [3.05, 3.63) is 64.1 Å². The summed E-state index contributed by atoms with van der Waals surface area (Å²) < 4.78 is 6.93. The van der Waals surface area contributed by atoms with Crippen LogP contribution >= 0.6 is 15.9 Å². The van der Waals surface area contributed by atoms with Crippen molar-refractivity contribution in [1.29, 1.82) is 0 Å². The van der Waals surface area contributed by atoms with E-state index < -0.39 is 0 Å². The molecule has 1 N–H and O–H groups in total. The van der Waals surface area contributed by atoms with Crippen LogP contribution in [0.15, 0.2) is 53.0 Å². The summed E-state index contributed by atoms with van der Waals surface area (Å²) in [5, 5.41) is 3.40. The van der Waals surface area contributed by atoms with Gasteiger partial charge in [0, 0.05) is 10.5 Å². The van der Waals surface area contributed by atoms with E-state index in [4.69, 9.17) is 4.74 Å². The van der Waals surface area contributed by atoms with Crippen LogP contribution in [0.1, 0.15) is 30.0 Å². The van der Waals surface area contributed by atoms with Gasteiger partial charge in [0.1, 0.15) is 5.75 Å². The first-order valence-electron chi connectivity index (χ1n) is 7.43. The van der Waals surface area contributed by atoms with Crippen molar-refractivity contribution in [1.82, 2.24) is 5.32 Å². The average molecular weight is 346 g/mol. The fourth-order valence-corrected chi connectivity index (χ4v) is 2.89. The lowest BCUT2D eigenvalue weighted by atomic mass is 9.99. The quantitative estimate of drug-likeness (QED) is 0.832. The molecule has 1 aliphatic carbocycles. The molecular weight excluding hydrogens is 326 g/mol. The Bertz CT molecular complexity index is 592. The van der Waals surface area contributed by atoms with Crippen molar-refractivity contribution < 1.29 is 4.74 Å². The van der Waals surface area contributed by atoms with Crippen LogP contribution in [0.5, 0.6) is 5.75 Å². The fourth-order valence-electron chi connectivity index (χ4n) is 2.44. The smallest absolute Gasteiger partial charge is 0.119 e. The Morgan fingerprint density at radius 2 is 1.95 bits per heavy atom. The van der Waals surface area contributed by atoms with Crippen LogP contribution in [0.25, 0.3) is 0 Å². The standard InChI is InChI=1S/C18H20BrNO/c1-20-18(12-13-3-2-4-15(19)11-13)14-5-7-16(8-6-14)21-17-9-10-17/h2-8,11,17-18,20H,9-10,12H2,1H3. The first kappa shape index (κ1) is 14.6. The predicted molar refractivity (Wildman–Crippen MR) is 89.7 cm³/mol. The number of likely N-dealkylation sites (N-methyl/N-ethyl adjacent to an activating group) is 1. The molecule has 0 spiro atoms. The Morgan fingerprint density at radius 1 is 1.19 bits per heavy atom. The molecule has 1 fully saturated rings. The van der Waals surface area contributed by atoms with Crippen LogP contribution in [-0.2, 0) is 6.42 Å². The lowest BCUT2D eigenvalue weighted by Crippen LogP contribution is -2.18. The summed E-state index contributed by atoms with van der Waals surface area (Å²) in [5.74, 6) is 0.985. The molecule has 1 saturated carbocycles. The van der Waals surface area contributed by atoms with Crippen molar-refractivity contribution in [2.45, 2.75) is 31.4 Å². The van der Waals surface area contributed by atoms with E-state index in [1.165, 1.54) is 24.0 Å². The van der Waals surface area contributed by atoms with Gasteiger partial charge in [-0.1, -0.05) is 40.2 Å². The predicted octanol–water partition coefficient (Wildman–Crippen LogP) is 4.49. The number of ether oxygens (including phenoxy) is 1. The molecule has 1 aliphatic rings. The highest BCUT2D eigenvalue weighted by molar-refractivity contribution is 9.10. The van der Waals surface area contributed by atoms with Crippen LogP contribution in [0, 0.1) is 0 Å². The minimum atomic E-state index is 0.314. The largest absolute Gasteiger partial charge is 0.490 e. The Morgan fingerprint density at radius 3 is 2.57 bits per heavy atom. The average Bonchev–Trinajstić information content (AvgIpc) is 3.30. The van der Waals surface area contributed by atoms with E-state index in [1.54, 1.807) is 0 Å². The zero-order valence-corrected chi connectivity index (χ0v) is 13.8. The second-order valence-electron chi connectivity index (χ2n) is 5.56. The van der Waals surface area contributed by atoms with Gasteiger partial charge < -0.3 is 10.1 Å². The third kappa shape index (κ3) is 4.08. The molecule has 2 aromatic carbocycles. The number of benzene rings is 2. The molecule has 2 aromatic rings. The third-order valence-electron chi connectivity index (χ3n) is 3.79. The first-order chi connectivity index (χ1) is 10.2. The molecule has 0 amide bonds. The normalized spacial score (nSPS) is 15.7. The Balaban J connectivity index is 1.69. The van der Waals surface area contributed by atoms with Crippen molar-refractivity contribution in [2.75, 3.05) is 7.05 Å². The monoisotopic (exact) mass is 345 g/mol. The summed E-state index contributed by atoms with van der Waals surface area (Å²) in [6.07, 6.45) is 3.82. The van der Waals surface area contributed by atoms with Crippen molar-refractivity contribution in [3.63, 3.8) is 0 Å². The van der Waals surface area contributed by atoms with E-state index >= 15 is 0 Å². The lowest BCUT2D eigenvalue weighted by Gasteiger charge is -2.17. The van der Waals surface area contributed by atoms with E-state index in [2.05, 4.69) is 69.8 Å². The van der Waals surface area contributed by atoms with Crippen molar-refractivity contribution in [3.8, 4) is 5.75 Å². The topological polar surface area (TPSA) is 21.3 Å². The molecule has 2 nitrogen and oxygen atoms in total. The fraction of sp³-hybridized carbons (Fsp3) is 0.333. The van der Waals surface area contributed by atoms with Gasteiger partial charge in [-0.25, -0.2) is 0 Å². The molecule has 1 unspecified atom stereocenters. The molecule has 1 atom stereocenters. The molecule has 21 heavy (non-hydrogen) atoms.